The number of ether oxygens (including phenoxy) is 1. The molecule has 1 aliphatic rings. The van der Waals surface area contributed by atoms with Crippen molar-refractivity contribution in [3.05, 3.63) is 29.3 Å². The monoisotopic (exact) mass is 230 g/mol. The minimum Gasteiger partial charge on any atom is -0.495 e. The molecule has 1 unspecified atom stereocenters. The van der Waals surface area contributed by atoms with E-state index in [1.54, 1.807) is 7.11 Å². The fourth-order valence-corrected chi connectivity index (χ4v) is 1.99. The summed E-state index contributed by atoms with van der Waals surface area (Å²) in [6, 6.07) is 8.49. The Kier molecular flexibility index (Phi) is 3.65. The molecular formula is C14H18N2O. The summed E-state index contributed by atoms with van der Waals surface area (Å²) >= 11 is 0. The molecule has 0 spiro atoms. The molecule has 0 radical (unpaired) electrons. The lowest BCUT2D eigenvalue weighted by Gasteiger charge is -2.13. The number of benzene rings is 1. The Morgan fingerprint density at radius 2 is 2.29 bits per heavy atom. The molecular weight excluding hydrogens is 212 g/mol. The van der Waals surface area contributed by atoms with E-state index >= 15 is 0 Å². The van der Waals surface area contributed by atoms with Crippen molar-refractivity contribution in [2.45, 2.75) is 32.4 Å². The van der Waals surface area contributed by atoms with Crippen LogP contribution >= 0.6 is 0 Å². The van der Waals surface area contributed by atoms with Crippen LogP contribution in [0.4, 0.5) is 0 Å². The van der Waals surface area contributed by atoms with Crippen molar-refractivity contribution in [2.75, 3.05) is 7.11 Å². The standard InChI is InChI=1S/C14H18N2O/c1-10(12-4-5-12)16-9-11-3-6-14(17-2)13(7-11)8-15/h3,6-7,10,12,16H,4-5,9H2,1-2H3. The molecule has 1 aliphatic carbocycles. The number of hydrogen-bond donors (Lipinski definition) is 1. The van der Waals surface area contributed by atoms with E-state index in [2.05, 4.69) is 18.3 Å². The molecule has 1 saturated carbocycles. The molecule has 17 heavy (non-hydrogen) atoms. The van der Waals surface area contributed by atoms with E-state index in [-0.39, 0.29) is 0 Å². The second kappa shape index (κ2) is 5.20. The molecule has 3 nitrogen and oxygen atoms in total. The maximum absolute atomic E-state index is 9.00. The van der Waals surface area contributed by atoms with Crippen molar-refractivity contribution >= 4 is 0 Å². The van der Waals surface area contributed by atoms with Crippen molar-refractivity contribution < 1.29 is 4.74 Å². The number of rotatable bonds is 5. The molecule has 0 saturated heterocycles. The third-order valence-electron chi connectivity index (χ3n) is 3.34. The smallest absolute Gasteiger partial charge is 0.136 e. The highest BCUT2D eigenvalue weighted by molar-refractivity contribution is 5.45. The van der Waals surface area contributed by atoms with Gasteiger partial charge in [0, 0.05) is 12.6 Å². The Bertz CT molecular complexity index is 432. The molecule has 0 aromatic heterocycles. The number of nitriles is 1. The van der Waals surface area contributed by atoms with Gasteiger partial charge in [0.15, 0.2) is 0 Å². The zero-order chi connectivity index (χ0) is 12.3. The van der Waals surface area contributed by atoms with Crippen LogP contribution in [0.3, 0.4) is 0 Å². The lowest BCUT2D eigenvalue weighted by molar-refractivity contribution is 0.413. The molecule has 1 N–H and O–H groups in total. The highest BCUT2D eigenvalue weighted by atomic mass is 16.5. The minimum absolute atomic E-state index is 0.572. The van der Waals surface area contributed by atoms with E-state index in [0.29, 0.717) is 17.4 Å². The zero-order valence-electron chi connectivity index (χ0n) is 10.4. The lowest BCUT2D eigenvalue weighted by Crippen LogP contribution is -2.27. The summed E-state index contributed by atoms with van der Waals surface area (Å²) in [5.74, 6) is 1.50. The quantitative estimate of drug-likeness (QED) is 0.845. The van der Waals surface area contributed by atoms with Crippen LogP contribution in [0.25, 0.3) is 0 Å². The summed E-state index contributed by atoms with van der Waals surface area (Å²) in [4.78, 5) is 0. The van der Waals surface area contributed by atoms with Crippen LogP contribution < -0.4 is 10.1 Å². The Hall–Kier alpha value is -1.53. The fourth-order valence-electron chi connectivity index (χ4n) is 1.99. The van der Waals surface area contributed by atoms with Crippen molar-refractivity contribution in [1.29, 1.82) is 5.26 Å². The predicted octanol–water partition coefficient (Wildman–Crippen LogP) is 2.45. The Labute approximate surface area is 102 Å². The second-order valence-corrected chi connectivity index (χ2v) is 4.65. The van der Waals surface area contributed by atoms with Crippen LogP contribution in [0.1, 0.15) is 30.9 Å². The van der Waals surface area contributed by atoms with Gasteiger partial charge in [-0.3, -0.25) is 0 Å². The summed E-state index contributed by atoms with van der Waals surface area (Å²) in [7, 11) is 1.59. The Morgan fingerprint density at radius 1 is 1.53 bits per heavy atom. The van der Waals surface area contributed by atoms with Gasteiger partial charge < -0.3 is 10.1 Å². The Morgan fingerprint density at radius 3 is 2.88 bits per heavy atom. The fraction of sp³-hybridized carbons (Fsp3) is 0.500. The summed E-state index contributed by atoms with van der Waals surface area (Å²) in [5, 5.41) is 12.5. The third-order valence-corrected chi connectivity index (χ3v) is 3.34. The first-order valence-corrected chi connectivity index (χ1v) is 6.05. The van der Waals surface area contributed by atoms with E-state index in [4.69, 9.17) is 10.00 Å². The molecule has 0 heterocycles. The molecule has 2 rings (SSSR count). The number of nitrogens with zero attached hydrogens (tertiary/aromatic N) is 1. The maximum Gasteiger partial charge on any atom is 0.136 e. The van der Waals surface area contributed by atoms with Gasteiger partial charge in [0.1, 0.15) is 11.8 Å². The van der Waals surface area contributed by atoms with E-state index < -0.39 is 0 Å². The molecule has 1 aromatic carbocycles. The third kappa shape index (κ3) is 2.98. The van der Waals surface area contributed by atoms with Crippen LogP contribution in [0.5, 0.6) is 5.75 Å². The van der Waals surface area contributed by atoms with Gasteiger partial charge in [0.25, 0.3) is 0 Å². The molecule has 1 fully saturated rings. The van der Waals surface area contributed by atoms with Gasteiger partial charge in [-0.05, 0) is 43.4 Å². The van der Waals surface area contributed by atoms with Gasteiger partial charge in [-0.1, -0.05) is 6.07 Å². The lowest BCUT2D eigenvalue weighted by atomic mass is 10.1. The molecule has 0 aliphatic heterocycles. The van der Waals surface area contributed by atoms with Crippen molar-refractivity contribution in [3.8, 4) is 11.8 Å². The zero-order valence-corrected chi connectivity index (χ0v) is 10.4. The molecule has 90 valence electrons. The van der Waals surface area contributed by atoms with Crippen LogP contribution in [-0.4, -0.2) is 13.2 Å². The molecule has 3 heteroatoms. The van der Waals surface area contributed by atoms with Crippen molar-refractivity contribution in [3.63, 3.8) is 0 Å². The minimum atomic E-state index is 0.572. The summed E-state index contributed by atoms with van der Waals surface area (Å²) in [6.07, 6.45) is 2.69. The maximum atomic E-state index is 9.00. The SMILES string of the molecule is COc1ccc(CNC(C)C2CC2)cc1C#N. The highest BCUT2D eigenvalue weighted by Crippen LogP contribution is 2.32. The van der Waals surface area contributed by atoms with Crippen LogP contribution in [0, 0.1) is 17.2 Å². The average Bonchev–Trinajstić information content (AvgIpc) is 3.19. The van der Waals surface area contributed by atoms with Crippen molar-refractivity contribution in [2.24, 2.45) is 5.92 Å². The van der Waals surface area contributed by atoms with Gasteiger partial charge in [-0.2, -0.15) is 5.26 Å². The van der Waals surface area contributed by atoms with Gasteiger partial charge in [-0.25, -0.2) is 0 Å². The predicted molar refractivity (Wildman–Crippen MR) is 66.7 cm³/mol. The molecule has 1 atom stereocenters. The van der Waals surface area contributed by atoms with E-state index in [1.807, 2.05) is 18.2 Å². The van der Waals surface area contributed by atoms with E-state index in [0.717, 1.165) is 18.0 Å². The van der Waals surface area contributed by atoms with Crippen molar-refractivity contribution in [1.82, 2.24) is 5.32 Å². The van der Waals surface area contributed by atoms with Gasteiger partial charge in [0.05, 0.1) is 12.7 Å². The van der Waals surface area contributed by atoms with Gasteiger partial charge in [0.2, 0.25) is 0 Å². The summed E-state index contributed by atoms with van der Waals surface area (Å²) in [6.45, 7) is 3.04. The Balaban J connectivity index is 1.98. The van der Waals surface area contributed by atoms with E-state index in [1.165, 1.54) is 12.8 Å². The molecule has 1 aromatic rings. The topological polar surface area (TPSA) is 45.0 Å². The van der Waals surface area contributed by atoms with E-state index in [9.17, 15) is 0 Å². The van der Waals surface area contributed by atoms with Crippen LogP contribution in [-0.2, 0) is 6.54 Å². The first kappa shape index (κ1) is 11.9. The summed E-state index contributed by atoms with van der Waals surface area (Å²) in [5.41, 5.74) is 1.74. The first-order chi connectivity index (χ1) is 8.24. The summed E-state index contributed by atoms with van der Waals surface area (Å²) < 4.78 is 5.12. The number of methoxy groups -OCH3 is 1. The van der Waals surface area contributed by atoms with Crippen LogP contribution in [0.15, 0.2) is 18.2 Å². The molecule has 0 bridgehead atoms. The first-order valence-electron chi connectivity index (χ1n) is 6.05. The number of nitrogens with one attached hydrogen (secondary N) is 1. The second-order valence-electron chi connectivity index (χ2n) is 4.65. The van der Waals surface area contributed by atoms with Gasteiger partial charge >= 0.3 is 0 Å². The average molecular weight is 230 g/mol. The van der Waals surface area contributed by atoms with Gasteiger partial charge in [-0.15, -0.1) is 0 Å². The largest absolute Gasteiger partial charge is 0.495 e. The normalized spacial score (nSPS) is 16.3. The number of hydrogen-bond acceptors (Lipinski definition) is 3. The van der Waals surface area contributed by atoms with Crippen LogP contribution in [0.2, 0.25) is 0 Å². The molecule has 0 amide bonds. The highest BCUT2D eigenvalue weighted by Gasteiger charge is 2.27.